The average Bonchev–Trinajstić information content (AvgIpc) is 4.46. The second-order valence-corrected chi connectivity index (χ2v) is 20.6. The summed E-state index contributed by atoms with van der Waals surface area (Å²) in [6.45, 7) is 3.79. The summed E-state index contributed by atoms with van der Waals surface area (Å²) in [6.07, 6.45) is 20.2. The number of hydrogen-bond acceptors (Lipinski definition) is 13. The minimum atomic E-state index is -1.01. The Kier molecular flexibility index (Phi) is 17.7. The summed E-state index contributed by atoms with van der Waals surface area (Å²) < 4.78 is 43.6. The molecule has 2 amide bonds. The number of nitrogens with one attached hydrogen (secondary N) is 1. The highest BCUT2D eigenvalue weighted by molar-refractivity contribution is 6.00. The molecule has 0 spiro atoms. The highest BCUT2D eigenvalue weighted by Crippen LogP contribution is 2.37. The van der Waals surface area contributed by atoms with E-state index in [2.05, 4.69) is 53.8 Å². The van der Waals surface area contributed by atoms with Crippen molar-refractivity contribution in [3.8, 4) is 18.2 Å². The zero-order chi connectivity index (χ0) is 57.7. The van der Waals surface area contributed by atoms with Gasteiger partial charge in [0.25, 0.3) is 11.8 Å². The lowest BCUT2D eigenvalue weighted by atomic mass is 9.75. The molecule has 9 aromatic rings. The molecule has 0 saturated carbocycles. The number of rotatable bonds is 9. The Morgan fingerprint density at radius 2 is 0.793 bits per heavy atom. The number of fused-ring (bicyclic) bond motifs is 3. The number of nitriles is 3. The molecule has 3 aliphatic heterocycles. The molecule has 82 heavy (non-hydrogen) atoms. The van der Waals surface area contributed by atoms with Crippen LogP contribution in [0.5, 0.6) is 0 Å². The summed E-state index contributed by atoms with van der Waals surface area (Å²) in [5.74, 6) is -2.03. The maximum atomic E-state index is 13.1. The molecule has 3 saturated heterocycles. The quantitative estimate of drug-likeness (QED) is 0.138. The van der Waals surface area contributed by atoms with Crippen LogP contribution in [0, 0.1) is 67.7 Å². The molecule has 3 aliphatic rings. The maximum Gasteiger partial charge on any atom is 0.341 e. The minimum absolute atomic E-state index is 0.114. The predicted octanol–water partition coefficient (Wildman–Crippen LogP) is 8.40. The number of hydrogen-bond donors (Lipinski definition) is 2. The van der Waals surface area contributed by atoms with Gasteiger partial charge in [0.15, 0.2) is 16.9 Å². The first-order valence-electron chi connectivity index (χ1n) is 26.6. The van der Waals surface area contributed by atoms with Crippen LogP contribution < -0.4 is 5.32 Å². The zero-order valence-electron chi connectivity index (χ0n) is 44.5. The number of piperidine rings is 3. The molecule has 22 heteroatoms. The summed E-state index contributed by atoms with van der Waals surface area (Å²) in [4.78, 5) is 52.2. The lowest BCUT2D eigenvalue weighted by Crippen LogP contribution is -2.43. The fourth-order valence-electron chi connectivity index (χ4n) is 10.4. The highest BCUT2D eigenvalue weighted by atomic mass is 19.1. The minimum Gasteiger partial charge on any atom is -0.477 e. The molecule has 0 unspecified atom stereocenters. The Balaban J connectivity index is 0.000000138. The van der Waals surface area contributed by atoms with Gasteiger partial charge in [-0.25, -0.2) is 46.5 Å². The van der Waals surface area contributed by atoms with Gasteiger partial charge in [0.05, 0.1) is 53.0 Å². The average molecular weight is 1110 g/mol. The number of amides is 2. The molecular formula is C60H56F3N15O4. The van der Waals surface area contributed by atoms with Gasteiger partial charge in [-0.2, -0.15) is 31.1 Å². The van der Waals surface area contributed by atoms with Gasteiger partial charge in [-0.05, 0) is 142 Å². The van der Waals surface area contributed by atoms with E-state index in [-0.39, 0.29) is 40.2 Å². The van der Waals surface area contributed by atoms with E-state index in [9.17, 15) is 43.3 Å². The van der Waals surface area contributed by atoms with Gasteiger partial charge in [-0.15, -0.1) is 0 Å². The third-order valence-corrected chi connectivity index (χ3v) is 15.2. The van der Waals surface area contributed by atoms with Gasteiger partial charge in [-0.1, -0.05) is 36.4 Å². The van der Waals surface area contributed by atoms with Crippen LogP contribution in [-0.4, -0.2) is 116 Å². The van der Waals surface area contributed by atoms with Crippen molar-refractivity contribution in [3.63, 3.8) is 0 Å². The third-order valence-electron chi connectivity index (χ3n) is 15.2. The van der Waals surface area contributed by atoms with Crippen molar-refractivity contribution in [1.82, 2.24) is 58.9 Å². The molecule has 2 N–H and O–H groups in total. The summed E-state index contributed by atoms with van der Waals surface area (Å²) in [7, 11) is 0. The maximum absolute atomic E-state index is 13.1. The fraction of sp³-hybridized carbons (Fsp3) is 0.300. The molecule has 9 heterocycles. The van der Waals surface area contributed by atoms with Crippen molar-refractivity contribution in [3.05, 3.63) is 198 Å². The van der Waals surface area contributed by atoms with Crippen LogP contribution in [0.4, 0.5) is 13.2 Å². The van der Waals surface area contributed by atoms with E-state index in [0.717, 1.165) is 49.0 Å². The number of aromatic carboxylic acids is 1. The molecule has 0 radical (unpaired) electrons. The number of nitrogens with zero attached hydrogens (tertiary/aromatic N) is 14. The van der Waals surface area contributed by atoms with Crippen LogP contribution >= 0.6 is 0 Å². The normalized spacial score (nSPS) is 15.9. The van der Waals surface area contributed by atoms with Crippen molar-refractivity contribution in [2.24, 2.45) is 16.2 Å². The standard InChI is InChI=1S/2C20H18FN5O.C13H15FN2.C7H5N3O2/c2*21-16-4-2-15(3-5-16)12-20(14-22)6-10-25(11-7-20)19(27)17-13-24-26-9-1-8-23-18(17)26;14-12-3-1-11(2-4-12)9-13(10-15)5-7-16-8-6-13;11-7(12)5-4-9-10-3-1-2-8-6(5)10/h2*1-5,8-9,13H,6-7,10-12H2;1-4,16H,5-9H2;1-4H,(H,11,12). The van der Waals surface area contributed by atoms with Gasteiger partial charge >= 0.3 is 5.97 Å². The Hall–Kier alpha value is -9.85. The summed E-state index contributed by atoms with van der Waals surface area (Å²) in [6, 6.07) is 31.5. The van der Waals surface area contributed by atoms with Crippen molar-refractivity contribution in [2.45, 2.75) is 57.8 Å². The monoisotopic (exact) mass is 1110 g/mol. The Labute approximate surface area is 469 Å². The number of carbonyl (C=O) groups excluding carboxylic acids is 2. The number of aromatic nitrogens is 9. The van der Waals surface area contributed by atoms with Gasteiger partial charge in [0.1, 0.15) is 34.1 Å². The first kappa shape index (κ1) is 56.9. The van der Waals surface area contributed by atoms with Crippen molar-refractivity contribution < 1.29 is 32.7 Å². The predicted molar refractivity (Wildman–Crippen MR) is 293 cm³/mol. The van der Waals surface area contributed by atoms with Gasteiger partial charge in [-0.3, -0.25) is 9.59 Å². The lowest BCUT2D eigenvalue weighted by molar-refractivity contribution is 0.0641. The van der Waals surface area contributed by atoms with E-state index in [1.54, 1.807) is 104 Å². The summed E-state index contributed by atoms with van der Waals surface area (Å²) >= 11 is 0. The Bertz CT molecular complexity index is 3640. The molecule has 19 nitrogen and oxygen atoms in total. The summed E-state index contributed by atoms with van der Waals surface area (Å²) in [5.41, 5.74) is 4.08. The first-order valence-corrected chi connectivity index (χ1v) is 26.6. The molecule has 416 valence electrons. The van der Waals surface area contributed by atoms with Crippen LogP contribution in [0.15, 0.2) is 147 Å². The molecule has 3 fully saturated rings. The molecule has 6 aromatic heterocycles. The van der Waals surface area contributed by atoms with Crippen LogP contribution in [0.25, 0.3) is 16.9 Å². The molecular weight excluding hydrogens is 1050 g/mol. The lowest BCUT2D eigenvalue weighted by Gasteiger charge is -2.37. The third kappa shape index (κ3) is 13.4. The molecule has 0 atom stereocenters. The van der Waals surface area contributed by atoms with E-state index in [4.69, 9.17) is 5.11 Å². The first-order chi connectivity index (χ1) is 39.7. The van der Waals surface area contributed by atoms with Gasteiger partial charge < -0.3 is 20.2 Å². The van der Waals surface area contributed by atoms with Crippen LogP contribution in [0.2, 0.25) is 0 Å². The van der Waals surface area contributed by atoms with E-state index < -0.39 is 16.8 Å². The molecule has 0 aliphatic carbocycles. The van der Waals surface area contributed by atoms with Crippen molar-refractivity contribution in [1.29, 1.82) is 15.8 Å². The number of likely N-dealkylation sites (tertiary alicyclic amines) is 2. The molecule has 3 aromatic carbocycles. The summed E-state index contributed by atoms with van der Waals surface area (Å²) in [5, 5.41) is 52.9. The van der Waals surface area contributed by atoms with E-state index in [1.165, 1.54) is 65.7 Å². The van der Waals surface area contributed by atoms with Gasteiger partial charge in [0.2, 0.25) is 0 Å². The van der Waals surface area contributed by atoms with E-state index >= 15 is 0 Å². The number of carbonyl (C=O) groups is 3. The topological polar surface area (TPSA) is 252 Å². The number of halogens is 3. The Morgan fingerprint density at radius 1 is 0.488 bits per heavy atom. The molecule has 0 bridgehead atoms. The Morgan fingerprint density at radius 3 is 1.11 bits per heavy atom. The van der Waals surface area contributed by atoms with E-state index in [0.29, 0.717) is 92.8 Å². The fourth-order valence-corrected chi connectivity index (χ4v) is 10.4. The largest absolute Gasteiger partial charge is 0.477 e. The van der Waals surface area contributed by atoms with Gasteiger partial charge in [0, 0.05) is 63.4 Å². The van der Waals surface area contributed by atoms with Crippen LogP contribution in [-0.2, 0) is 19.3 Å². The smallest absolute Gasteiger partial charge is 0.341 e. The number of carboxylic acids is 1. The number of carboxylic acid groups (broad SMARTS) is 1. The second kappa shape index (κ2) is 25.5. The zero-order valence-corrected chi connectivity index (χ0v) is 44.5. The SMILES string of the molecule is N#CC1(Cc2ccc(F)cc2)CCN(C(=O)c2cnn3cccnc23)CC1.N#CC1(Cc2ccc(F)cc2)CCN(C(=O)c2cnn3cccnc23)CC1.N#CC1(Cc2ccc(F)cc2)CCNCC1.O=C(O)c1cnn2cccnc12. The van der Waals surface area contributed by atoms with Crippen molar-refractivity contribution in [2.75, 3.05) is 39.3 Å². The van der Waals surface area contributed by atoms with Crippen molar-refractivity contribution >= 4 is 34.7 Å². The second-order valence-electron chi connectivity index (χ2n) is 20.6. The number of benzene rings is 3. The highest BCUT2D eigenvalue weighted by Gasteiger charge is 2.39. The molecule has 12 rings (SSSR count). The van der Waals surface area contributed by atoms with Crippen LogP contribution in [0.1, 0.15) is 86.3 Å². The van der Waals surface area contributed by atoms with Crippen LogP contribution in [0.3, 0.4) is 0 Å². The van der Waals surface area contributed by atoms with E-state index in [1.807, 2.05) is 0 Å².